The van der Waals surface area contributed by atoms with E-state index in [1.165, 1.54) is 9.81 Å². The molecule has 0 saturated carbocycles. The van der Waals surface area contributed by atoms with Crippen molar-refractivity contribution in [3.63, 3.8) is 0 Å². The van der Waals surface area contributed by atoms with Crippen molar-refractivity contribution in [3.05, 3.63) is 9.81 Å². The van der Waals surface area contributed by atoms with Gasteiger partial charge in [0, 0.05) is 33.2 Å². The zero-order chi connectivity index (χ0) is 15.7. The summed E-state index contributed by atoms with van der Waals surface area (Å²) in [5.41, 5.74) is -0.497. The van der Waals surface area contributed by atoms with Crippen LogP contribution in [0, 0.1) is 22.7 Å². The molecule has 114 valence electrons. The Hall–Kier alpha value is -0.620. The maximum absolute atomic E-state index is 8.88. The van der Waals surface area contributed by atoms with Crippen LogP contribution in [0.5, 0.6) is 0 Å². The van der Waals surface area contributed by atoms with Gasteiger partial charge in [0.25, 0.3) is 0 Å². The monoisotopic (exact) mass is 322 g/mol. The van der Waals surface area contributed by atoms with Crippen LogP contribution < -0.4 is 0 Å². The highest BCUT2D eigenvalue weighted by molar-refractivity contribution is 8.11. The van der Waals surface area contributed by atoms with Crippen molar-refractivity contribution in [2.75, 3.05) is 0 Å². The van der Waals surface area contributed by atoms with Crippen LogP contribution >= 0.6 is 23.5 Å². The van der Waals surface area contributed by atoms with Crippen LogP contribution in [0.1, 0.15) is 53.4 Å². The van der Waals surface area contributed by atoms with E-state index in [1.807, 2.05) is 23.5 Å². The van der Waals surface area contributed by atoms with Gasteiger partial charge in [0.15, 0.2) is 0 Å². The summed E-state index contributed by atoms with van der Waals surface area (Å²) >= 11 is 3.77. The molecule has 2 heterocycles. The van der Waals surface area contributed by atoms with Crippen molar-refractivity contribution in [1.29, 1.82) is 10.5 Å². The average Bonchev–Trinajstić information content (AvgIpc) is 2.58. The number of ether oxygens (including phenoxy) is 1. The Morgan fingerprint density at radius 2 is 1.29 bits per heavy atom. The van der Waals surface area contributed by atoms with Crippen LogP contribution in [-0.4, -0.2) is 21.7 Å². The van der Waals surface area contributed by atoms with E-state index in [1.54, 1.807) is 0 Å². The second-order valence-corrected chi connectivity index (χ2v) is 8.99. The average molecular weight is 322 g/mol. The number of nitrogens with zero attached hydrogens (tertiary/aromatic N) is 2. The molecular weight excluding hydrogens is 300 g/mol. The minimum absolute atomic E-state index is 0.248. The van der Waals surface area contributed by atoms with Crippen LogP contribution in [0.25, 0.3) is 0 Å². The first kappa shape index (κ1) is 16.7. The van der Waals surface area contributed by atoms with Crippen LogP contribution in [0.15, 0.2) is 9.81 Å². The Morgan fingerprint density at radius 3 is 1.62 bits per heavy atom. The van der Waals surface area contributed by atoms with Crippen LogP contribution in [0.3, 0.4) is 0 Å². The van der Waals surface area contributed by atoms with Crippen molar-refractivity contribution >= 4 is 23.5 Å². The van der Waals surface area contributed by atoms with Crippen molar-refractivity contribution in [2.24, 2.45) is 0 Å². The van der Waals surface area contributed by atoms with Gasteiger partial charge >= 0.3 is 0 Å². The molecule has 3 nitrogen and oxygen atoms in total. The molecule has 2 rings (SSSR count). The van der Waals surface area contributed by atoms with Gasteiger partial charge < -0.3 is 4.74 Å². The van der Waals surface area contributed by atoms with Gasteiger partial charge in [-0.3, -0.25) is 0 Å². The fourth-order valence-corrected chi connectivity index (χ4v) is 6.66. The van der Waals surface area contributed by atoms with E-state index in [0.717, 1.165) is 12.8 Å². The van der Waals surface area contributed by atoms with Gasteiger partial charge in [-0.05, 0) is 40.5 Å². The summed E-state index contributed by atoms with van der Waals surface area (Å²) < 4.78 is 6.24. The van der Waals surface area contributed by atoms with Gasteiger partial charge in [-0.15, -0.1) is 23.5 Å². The highest BCUT2D eigenvalue weighted by atomic mass is 32.2. The summed E-state index contributed by atoms with van der Waals surface area (Å²) in [6.07, 6.45) is 2.93. The van der Waals surface area contributed by atoms with Gasteiger partial charge in [-0.25, -0.2) is 0 Å². The van der Waals surface area contributed by atoms with Crippen molar-refractivity contribution < 1.29 is 4.74 Å². The molecule has 0 fully saturated rings. The third-order valence-electron chi connectivity index (χ3n) is 3.84. The zero-order valence-electron chi connectivity index (χ0n) is 13.1. The molecule has 2 aliphatic heterocycles. The molecule has 0 radical (unpaired) electrons. The molecule has 0 N–H and O–H groups in total. The zero-order valence-corrected chi connectivity index (χ0v) is 14.7. The van der Waals surface area contributed by atoms with E-state index >= 15 is 0 Å². The molecule has 2 atom stereocenters. The molecule has 0 spiro atoms. The normalized spacial score (nSPS) is 29.6. The maximum Gasteiger partial charge on any atom is 0.0954 e. The van der Waals surface area contributed by atoms with Crippen molar-refractivity contribution in [2.45, 2.75) is 75.1 Å². The molecule has 0 saturated heterocycles. The third-order valence-corrected chi connectivity index (χ3v) is 7.74. The highest BCUT2D eigenvalue weighted by Crippen LogP contribution is 2.59. The third kappa shape index (κ3) is 3.42. The summed E-state index contributed by atoms with van der Waals surface area (Å²) in [5, 5.41) is 18.6. The van der Waals surface area contributed by atoms with E-state index < -0.39 is 0 Å². The first-order chi connectivity index (χ1) is 9.81. The lowest BCUT2D eigenvalue weighted by Gasteiger charge is -2.34. The van der Waals surface area contributed by atoms with E-state index in [9.17, 15) is 0 Å². The quantitative estimate of drug-likeness (QED) is 0.756. The fourth-order valence-electron chi connectivity index (χ4n) is 3.03. The molecule has 21 heavy (non-hydrogen) atoms. The minimum Gasteiger partial charge on any atom is -0.359 e. The molecule has 2 aliphatic rings. The lowest BCUT2D eigenvalue weighted by atomic mass is 10.1. The predicted octanol–water partition coefficient (Wildman–Crippen LogP) is 4.61. The first-order valence-corrected chi connectivity index (χ1v) is 9.10. The summed E-state index contributed by atoms with van der Waals surface area (Å²) in [6.45, 7) is 8.51. The van der Waals surface area contributed by atoms with Crippen molar-refractivity contribution in [3.8, 4) is 12.1 Å². The fraction of sp³-hybridized carbons (Fsp3) is 0.750. The van der Waals surface area contributed by atoms with Crippen LogP contribution in [0.2, 0.25) is 0 Å². The number of rotatable bonds is 4. The predicted molar refractivity (Wildman–Crippen MR) is 88.7 cm³/mol. The maximum atomic E-state index is 8.88. The first-order valence-electron chi connectivity index (χ1n) is 7.34. The standard InChI is InChI=1S/C16H22N2OS2/c1-15(2)13-14(16(3,4)19-15)21-12(8-6-10-18)11(20-13)7-5-9-17/h11-12H,5-8H2,1-4H3. The summed E-state index contributed by atoms with van der Waals surface area (Å²) in [6, 6.07) is 4.51. The number of thioether (sulfide) groups is 2. The molecule has 0 aromatic carbocycles. The van der Waals surface area contributed by atoms with Crippen LogP contribution in [0.4, 0.5) is 0 Å². The van der Waals surface area contributed by atoms with Gasteiger partial charge in [0.2, 0.25) is 0 Å². The Labute approximate surface area is 136 Å². The minimum atomic E-state index is -0.248. The lowest BCUT2D eigenvalue weighted by Crippen LogP contribution is -2.29. The Kier molecular flexibility index (Phi) is 4.98. The second kappa shape index (κ2) is 6.24. The smallest absolute Gasteiger partial charge is 0.0954 e. The van der Waals surface area contributed by atoms with E-state index in [4.69, 9.17) is 15.3 Å². The number of hydrogen-bond acceptors (Lipinski definition) is 5. The summed E-state index contributed by atoms with van der Waals surface area (Å²) in [4.78, 5) is 2.65. The Balaban J connectivity index is 2.26. The molecule has 0 aromatic rings. The molecule has 0 amide bonds. The number of hydrogen-bond donors (Lipinski definition) is 0. The van der Waals surface area contributed by atoms with Gasteiger partial charge in [0.1, 0.15) is 0 Å². The molecule has 0 aromatic heterocycles. The van der Waals surface area contributed by atoms with Crippen molar-refractivity contribution in [1.82, 2.24) is 0 Å². The molecule has 2 unspecified atom stereocenters. The second-order valence-electron chi connectivity index (χ2n) is 6.49. The topological polar surface area (TPSA) is 56.8 Å². The molecular formula is C16H22N2OS2. The Morgan fingerprint density at radius 1 is 0.905 bits per heavy atom. The SMILES string of the molecule is CC1(C)OC(C)(C)C2=C1SC(CCC#N)C(CCC#N)S2. The molecule has 0 aliphatic carbocycles. The van der Waals surface area contributed by atoms with E-state index in [2.05, 4.69) is 39.8 Å². The van der Waals surface area contributed by atoms with E-state index in [0.29, 0.717) is 23.3 Å². The van der Waals surface area contributed by atoms with Gasteiger partial charge in [0.05, 0.1) is 23.3 Å². The van der Waals surface area contributed by atoms with E-state index in [-0.39, 0.29) is 11.2 Å². The highest BCUT2D eigenvalue weighted by Gasteiger charge is 2.50. The summed E-state index contributed by atoms with van der Waals surface area (Å²) in [7, 11) is 0. The molecule has 0 bridgehead atoms. The summed E-state index contributed by atoms with van der Waals surface area (Å²) in [5.74, 6) is 0. The van der Waals surface area contributed by atoms with Crippen LogP contribution in [-0.2, 0) is 4.74 Å². The largest absolute Gasteiger partial charge is 0.359 e. The Bertz CT molecular complexity index is 479. The lowest BCUT2D eigenvalue weighted by molar-refractivity contribution is -0.0508. The van der Waals surface area contributed by atoms with Gasteiger partial charge in [-0.1, -0.05) is 0 Å². The number of nitriles is 2. The molecule has 5 heteroatoms. The van der Waals surface area contributed by atoms with Gasteiger partial charge in [-0.2, -0.15) is 10.5 Å².